The van der Waals surface area contributed by atoms with Crippen LogP contribution in [0.3, 0.4) is 0 Å². The molecule has 0 spiro atoms. The Labute approximate surface area is 165 Å². The fourth-order valence-electron chi connectivity index (χ4n) is 2.47. The number of hydrogen-bond donors (Lipinski definition) is 2. The Morgan fingerprint density at radius 2 is 1.24 bits per heavy atom. The lowest BCUT2D eigenvalue weighted by Gasteiger charge is -2.14. The normalized spacial score (nSPS) is 12.1. The van der Waals surface area contributed by atoms with Gasteiger partial charge in [0.25, 0.3) is 0 Å². The summed E-state index contributed by atoms with van der Waals surface area (Å²) in [5.41, 5.74) is -0.536. The van der Waals surface area contributed by atoms with Gasteiger partial charge in [-0.05, 0) is 30.3 Å². The van der Waals surface area contributed by atoms with Crippen LogP contribution >= 0.6 is 7.82 Å². The zero-order valence-electron chi connectivity index (χ0n) is 15.9. The molecule has 0 atom stereocenters. The molecule has 0 aromatic heterocycles. The molecule has 0 aliphatic heterocycles. The summed E-state index contributed by atoms with van der Waals surface area (Å²) in [4.78, 5) is 18.0. The molecule has 11 heteroatoms. The van der Waals surface area contributed by atoms with Gasteiger partial charge < -0.3 is 23.5 Å². The first-order chi connectivity index (χ1) is 13.6. The van der Waals surface area contributed by atoms with Crippen LogP contribution in [-0.4, -0.2) is 38.2 Å². The van der Waals surface area contributed by atoms with Gasteiger partial charge in [0.05, 0.1) is 28.4 Å². The van der Waals surface area contributed by atoms with Crippen LogP contribution in [-0.2, 0) is 4.57 Å². The van der Waals surface area contributed by atoms with Gasteiger partial charge in [-0.25, -0.2) is 13.3 Å². The SMILES string of the molecule is COc1ccc(/C(F)=C(/F)c2cc(OC)c(OC)c(OC)c2)cc1OP(=O)(O)O. The van der Waals surface area contributed by atoms with Gasteiger partial charge in [-0.1, -0.05) is 0 Å². The van der Waals surface area contributed by atoms with E-state index in [9.17, 15) is 13.3 Å². The first-order valence-electron chi connectivity index (χ1n) is 7.94. The van der Waals surface area contributed by atoms with Crippen LogP contribution in [0.5, 0.6) is 28.7 Å². The highest BCUT2D eigenvalue weighted by atomic mass is 31.2. The van der Waals surface area contributed by atoms with Crippen molar-refractivity contribution in [3.05, 3.63) is 41.5 Å². The third kappa shape index (κ3) is 5.17. The van der Waals surface area contributed by atoms with Crippen LogP contribution in [0.25, 0.3) is 11.7 Å². The smallest absolute Gasteiger partial charge is 0.493 e. The molecule has 2 aromatic rings. The minimum absolute atomic E-state index is 0.0712. The van der Waals surface area contributed by atoms with E-state index in [-0.39, 0.29) is 34.1 Å². The van der Waals surface area contributed by atoms with E-state index in [1.54, 1.807) is 0 Å². The second-order valence-corrected chi connectivity index (χ2v) is 6.65. The van der Waals surface area contributed by atoms with Crippen LogP contribution in [0.1, 0.15) is 11.1 Å². The Morgan fingerprint density at radius 3 is 1.69 bits per heavy atom. The second-order valence-electron chi connectivity index (χ2n) is 5.49. The van der Waals surface area contributed by atoms with Crippen molar-refractivity contribution in [3.63, 3.8) is 0 Å². The van der Waals surface area contributed by atoms with Gasteiger partial charge in [-0.15, -0.1) is 0 Å². The summed E-state index contributed by atoms with van der Waals surface area (Å²) >= 11 is 0. The van der Waals surface area contributed by atoms with E-state index < -0.39 is 25.2 Å². The monoisotopic (exact) mass is 432 g/mol. The molecule has 29 heavy (non-hydrogen) atoms. The first-order valence-corrected chi connectivity index (χ1v) is 9.47. The maximum Gasteiger partial charge on any atom is 0.524 e. The minimum Gasteiger partial charge on any atom is -0.493 e. The molecule has 0 fully saturated rings. The molecule has 0 unspecified atom stereocenters. The van der Waals surface area contributed by atoms with Crippen LogP contribution in [0.4, 0.5) is 8.78 Å². The molecule has 0 amide bonds. The van der Waals surface area contributed by atoms with Gasteiger partial charge in [-0.2, -0.15) is 0 Å². The summed E-state index contributed by atoms with van der Waals surface area (Å²) in [6.07, 6.45) is 0. The Hall–Kier alpha value is -2.81. The van der Waals surface area contributed by atoms with Crippen molar-refractivity contribution in [1.82, 2.24) is 0 Å². The molecule has 2 rings (SSSR count). The van der Waals surface area contributed by atoms with Crippen LogP contribution < -0.4 is 23.5 Å². The number of ether oxygens (including phenoxy) is 4. The number of phosphoric ester groups is 1. The van der Waals surface area contributed by atoms with E-state index in [1.165, 1.54) is 46.6 Å². The molecule has 0 aliphatic rings. The number of benzene rings is 2. The Balaban J connectivity index is 2.58. The van der Waals surface area contributed by atoms with E-state index in [2.05, 4.69) is 4.52 Å². The Kier molecular flexibility index (Phi) is 7.07. The summed E-state index contributed by atoms with van der Waals surface area (Å²) in [7, 11) is 0.300. The number of halogens is 2. The van der Waals surface area contributed by atoms with Crippen molar-refractivity contribution in [1.29, 1.82) is 0 Å². The van der Waals surface area contributed by atoms with Crippen molar-refractivity contribution < 1.29 is 46.6 Å². The van der Waals surface area contributed by atoms with Crippen molar-refractivity contribution in [2.75, 3.05) is 28.4 Å². The van der Waals surface area contributed by atoms with Crippen LogP contribution in [0, 0.1) is 0 Å². The molecule has 8 nitrogen and oxygen atoms in total. The van der Waals surface area contributed by atoms with Crippen molar-refractivity contribution >= 4 is 19.5 Å². The lowest BCUT2D eigenvalue weighted by molar-refractivity contribution is 0.276. The zero-order chi connectivity index (χ0) is 21.8. The fourth-order valence-corrected chi connectivity index (χ4v) is 2.87. The van der Waals surface area contributed by atoms with Gasteiger partial charge in [0, 0.05) is 11.1 Å². The van der Waals surface area contributed by atoms with Gasteiger partial charge in [0.1, 0.15) is 0 Å². The van der Waals surface area contributed by atoms with Crippen molar-refractivity contribution in [2.24, 2.45) is 0 Å². The quantitative estimate of drug-likeness (QED) is 0.477. The number of phosphoric acid groups is 1. The summed E-state index contributed by atoms with van der Waals surface area (Å²) in [6, 6.07) is 5.69. The Bertz CT molecular complexity index is 945. The van der Waals surface area contributed by atoms with Gasteiger partial charge >= 0.3 is 7.82 Å². The third-order valence-corrected chi connectivity index (χ3v) is 4.18. The molecule has 0 bridgehead atoms. The summed E-state index contributed by atoms with van der Waals surface area (Å²) < 4.78 is 65.5. The second kappa shape index (κ2) is 9.13. The number of rotatable bonds is 8. The Morgan fingerprint density at radius 1 is 0.759 bits per heavy atom. The number of hydrogen-bond acceptors (Lipinski definition) is 6. The molecule has 0 aliphatic carbocycles. The summed E-state index contributed by atoms with van der Waals surface area (Å²) in [5, 5.41) is 0. The first kappa shape index (κ1) is 22.5. The van der Waals surface area contributed by atoms with E-state index in [1.807, 2.05) is 0 Å². The van der Waals surface area contributed by atoms with Crippen LogP contribution in [0.15, 0.2) is 30.3 Å². The lowest BCUT2D eigenvalue weighted by Crippen LogP contribution is -1.97. The summed E-state index contributed by atoms with van der Waals surface area (Å²) in [6.45, 7) is 0. The molecule has 0 radical (unpaired) electrons. The highest BCUT2D eigenvalue weighted by Crippen LogP contribution is 2.45. The zero-order valence-corrected chi connectivity index (χ0v) is 16.8. The molecule has 0 saturated heterocycles. The molecule has 0 saturated carbocycles. The maximum absolute atomic E-state index is 14.9. The van der Waals surface area contributed by atoms with E-state index >= 15 is 0 Å². The predicted octanol–water partition coefficient (Wildman–Crippen LogP) is 3.96. The molecular weight excluding hydrogens is 413 g/mol. The van der Waals surface area contributed by atoms with E-state index in [0.29, 0.717) is 0 Å². The highest BCUT2D eigenvalue weighted by molar-refractivity contribution is 7.46. The van der Waals surface area contributed by atoms with E-state index in [0.717, 1.165) is 12.1 Å². The largest absolute Gasteiger partial charge is 0.524 e. The van der Waals surface area contributed by atoms with Crippen molar-refractivity contribution in [3.8, 4) is 28.7 Å². The molecule has 0 heterocycles. The van der Waals surface area contributed by atoms with Gasteiger partial charge in [0.15, 0.2) is 34.7 Å². The molecule has 2 aromatic carbocycles. The average molecular weight is 432 g/mol. The standard InChI is InChI=1S/C18H19F2O8P/c1-24-12-6-5-10(7-13(12)28-29(21,22)23)16(19)17(20)11-8-14(25-2)18(27-4)15(9-11)26-3/h5-9H,1-4H3,(H2,21,22,23)/b17-16-. The highest BCUT2D eigenvalue weighted by Gasteiger charge is 2.22. The molecule has 158 valence electrons. The van der Waals surface area contributed by atoms with Crippen LogP contribution in [0.2, 0.25) is 0 Å². The third-order valence-electron chi connectivity index (χ3n) is 3.75. The van der Waals surface area contributed by atoms with E-state index in [4.69, 9.17) is 28.7 Å². The predicted molar refractivity (Wildman–Crippen MR) is 101 cm³/mol. The molecule has 2 N–H and O–H groups in total. The fraction of sp³-hybridized carbons (Fsp3) is 0.222. The van der Waals surface area contributed by atoms with Gasteiger partial charge in [-0.3, -0.25) is 9.79 Å². The topological polar surface area (TPSA) is 104 Å². The lowest BCUT2D eigenvalue weighted by atomic mass is 10.1. The maximum atomic E-state index is 14.9. The number of methoxy groups -OCH3 is 4. The van der Waals surface area contributed by atoms with Gasteiger partial charge in [0.2, 0.25) is 5.75 Å². The average Bonchev–Trinajstić information content (AvgIpc) is 2.70. The molecular formula is C18H19F2O8P. The summed E-state index contributed by atoms with van der Waals surface area (Å²) in [5.74, 6) is -2.66. The minimum atomic E-state index is -4.95. The van der Waals surface area contributed by atoms with Crippen molar-refractivity contribution in [2.45, 2.75) is 0 Å².